The van der Waals surface area contributed by atoms with Gasteiger partial charge in [0.05, 0.1) is 6.04 Å². The molecule has 2 heterocycles. The Kier molecular flexibility index (Phi) is 4.91. The summed E-state index contributed by atoms with van der Waals surface area (Å²) in [6, 6.07) is 0.142. The lowest BCUT2D eigenvalue weighted by Gasteiger charge is -2.35. The van der Waals surface area contributed by atoms with E-state index < -0.39 is 0 Å². The molecule has 0 N–H and O–H groups in total. The van der Waals surface area contributed by atoms with Crippen LogP contribution in [-0.2, 0) is 4.79 Å². The van der Waals surface area contributed by atoms with Gasteiger partial charge in [-0.05, 0) is 45.2 Å². The van der Waals surface area contributed by atoms with E-state index in [9.17, 15) is 4.79 Å². The molecule has 2 aliphatic rings. The summed E-state index contributed by atoms with van der Waals surface area (Å²) in [7, 11) is 2.26. The molecule has 116 valence electrons. The van der Waals surface area contributed by atoms with Gasteiger partial charge in [0.15, 0.2) is 5.78 Å². The molecule has 2 unspecified atom stereocenters. The van der Waals surface area contributed by atoms with Crippen molar-refractivity contribution in [1.82, 2.24) is 9.80 Å². The van der Waals surface area contributed by atoms with E-state index in [1.165, 1.54) is 25.8 Å². The van der Waals surface area contributed by atoms with E-state index in [4.69, 9.17) is 0 Å². The summed E-state index contributed by atoms with van der Waals surface area (Å²) >= 11 is 0. The molecule has 0 saturated carbocycles. The SMILES string of the molecule is CC(C)CC(C(=O)C(C)C)N1CCC2(CCCN2C)C1. The van der Waals surface area contributed by atoms with Gasteiger partial charge in [0, 0.05) is 24.5 Å². The van der Waals surface area contributed by atoms with E-state index in [-0.39, 0.29) is 12.0 Å². The number of likely N-dealkylation sites (tertiary alicyclic amines) is 2. The van der Waals surface area contributed by atoms with Gasteiger partial charge in [-0.25, -0.2) is 0 Å². The van der Waals surface area contributed by atoms with Crippen molar-refractivity contribution in [3.05, 3.63) is 0 Å². The van der Waals surface area contributed by atoms with Crippen molar-refractivity contribution in [2.45, 2.75) is 65.0 Å². The van der Waals surface area contributed by atoms with Gasteiger partial charge in [-0.1, -0.05) is 27.7 Å². The molecule has 0 aliphatic carbocycles. The summed E-state index contributed by atoms with van der Waals surface area (Å²) in [4.78, 5) is 17.6. The Labute approximate surface area is 124 Å². The highest BCUT2D eigenvalue weighted by molar-refractivity contribution is 5.85. The minimum absolute atomic E-state index is 0.142. The van der Waals surface area contributed by atoms with Gasteiger partial charge in [-0.2, -0.15) is 0 Å². The largest absolute Gasteiger partial charge is 0.299 e. The molecular weight excluding hydrogens is 248 g/mol. The zero-order valence-corrected chi connectivity index (χ0v) is 14.0. The molecule has 20 heavy (non-hydrogen) atoms. The average Bonchev–Trinajstić information content (AvgIpc) is 2.94. The van der Waals surface area contributed by atoms with Crippen molar-refractivity contribution in [2.75, 3.05) is 26.7 Å². The lowest BCUT2D eigenvalue weighted by molar-refractivity contribution is -0.127. The molecule has 2 aliphatic heterocycles. The number of carbonyl (C=O) groups excluding carboxylic acids is 1. The maximum absolute atomic E-state index is 12.6. The van der Waals surface area contributed by atoms with Crippen molar-refractivity contribution in [3.8, 4) is 0 Å². The normalized spacial score (nSPS) is 29.9. The zero-order chi connectivity index (χ0) is 14.9. The van der Waals surface area contributed by atoms with Gasteiger partial charge < -0.3 is 0 Å². The Hall–Kier alpha value is -0.410. The highest BCUT2D eigenvalue weighted by Gasteiger charge is 2.46. The third kappa shape index (κ3) is 3.09. The van der Waals surface area contributed by atoms with E-state index in [2.05, 4.69) is 30.7 Å². The molecule has 3 heteroatoms. The number of likely N-dealkylation sites (N-methyl/N-ethyl adjacent to an activating group) is 1. The predicted molar refractivity (Wildman–Crippen MR) is 83.9 cm³/mol. The lowest BCUT2D eigenvalue weighted by atomic mass is 9.92. The van der Waals surface area contributed by atoms with Crippen molar-refractivity contribution >= 4 is 5.78 Å². The van der Waals surface area contributed by atoms with Crippen molar-refractivity contribution in [3.63, 3.8) is 0 Å². The third-order valence-electron chi connectivity index (χ3n) is 5.34. The van der Waals surface area contributed by atoms with Crippen LogP contribution >= 0.6 is 0 Å². The van der Waals surface area contributed by atoms with Gasteiger partial charge in [-0.3, -0.25) is 14.6 Å². The Morgan fingerprint density at radius 2 is 1.85 bits per heavy atom. The lowest BCUT2D eigenvalue weighted by Crippen LogP contribution is -2.48. The van der Waals surface area contributed by atoms with Gasteiger partial charge in [0.25, 0.3) is 0 Å². The molecule has 0 amide bonds. The van der Waals surface area contributed by atoms with E-state index in [0.717, 1.165) is 19.5 Å². The minimum atomic E-state index is 0.142. The fourth-order valence-electron chi connectivity index (χ4n) is 4.02. The first-order valence-corrected chi connectivity index (χ1v) is 8.35. The first kappa shape index (κ1) is 16.0. The molecule has 0 aromatic rings. The first-order chi connectivity index (χ1) is 9.35. The number of hydrogen-bond donors (Lipinski definition) is 0. The highest BCUT2D eigenvalue weighted by Crippen LogP contribution is 2.38. The Bertz CT molecular complexity index is 353. The van der Waals surface area contributed by atoms with E-state index >= 15 is 0 Å². The monoisotopic (exact) mass is 280 g/mol. The number of Topliss-reactive ketones (excluding diaryl/α,β-unsaturated/α-hetero) is 1. The van der Waals surface area contributed by atoms with Crippen LogP contribution in [0.15, 0.2) is 0 Å². The van der Waals surface area contributed by atoms with Crippen molar-refractivity contribution in [2.24, 2.45) is 11.8 Å². The quantitative estimate of drug-likeness (QED) is 0.773. The van der Waals surface area contributed by atoms with E-state index in [1.54, 1.807) is 0 Å². The third-order valence-corrected chi connectivity index (χ3v) is 5.34. The summed E-state index contributed by atoms with van der Waals surface area (Å²) in [5.41, 5.74) is 0.368. The molecular formula is C17H32N2O. The fourth-order valence-corrected chi connectivity index (χ4v) is 4.02. The number of rotatable bonds is 5. The van der Waals surface area contributed by atoms with Crippen LogP contribution in [0, 0.1) is 11.8 Å². The van der Waals surface area contributed by atoms with Crippen molar-refractivity contribution < 1.29 is 4.79 Å². The van der Waals surface area contributed by atoms with Crippen LogP contribution in [0.25, 0.3) is 0 Å². The van der Waals surface area contributed by atoms with E-state index in [0.29, 0.717) is 17.2 Å². The molecule has 1 spiro atoms. The Morgan fingerprint density at radius 3 is 2.35 bits per heavy atom. The summed E-state index contributed by atoms with van der Waals surface area (Å²) in [6.07, 6.45) is 4.88. The van der Waals surface area contributed by atoms with Crippen LogP contribution in [-0.4, -0.2) is 53.8 Å². The van der Waals surface area contributed by atoms with Crippen LogP contribution in [0.4, 0.5) is 0 Å². The Balaban J connectivity index is 2.09. The average molecular weight is 280 g/mol. The van der Waals surface area contributed by atoms with Gasteiger partial charge in [0.1, 0.15) is 0 Å². The number of nitrogens with zero attached hydrogens (tertiary/aromatic N) is 2. The maximum atomic E-state index is 12.6. The minimum Gasteiger partial charge on any atom is -0.299 e. The topological polar surface area (TPSA) is 23.6 Å². The highest BCUT2D eigenvalue weighted by atomic mass is 16.1. The summed E-state index contributed by atoms with van der Waals surface area (Å²) in [6.45, 7) is 12.0. The van der Waals surface area contributed by atoms with E-state index in [1.807, 2.05) is 13.8 Å². The molecule has 2 atom stereocenters. The Morgan fingerprint density at radius 1 is 1.15 bits per heavy atom. The maximum Gasteiger partial charge on any atom is 0.152 e. The summed E-state index contributed by atoms with van der Waals surface area (Å²) in [5, 5.41) is 0. The second-order valence-electron chi connectivity index (χ2n) is 7.67. The molecule has 0 aromatic carbocycles. The summed E-state index contributed by atoms with van der Waals surface area (Å²) in [5.74, 6) is 1.17. The van der Waals surface area contributed by atoms with Crippen LogP contribution < -0.4 is 0 Å². The van der Waals surface area contributed by atoms with Crippen LogP contribution in [0.5, 0.6) is 0 Å². The van der Waals surface area contributed by atoms with Crippen molar-refractivity contribution in [1.29, 1.82) is 0 Å². The smallest absolute Gasteiger partial charge is 0.152 e. The van der Waals surface area contributed by atoms with Gasteiger partial charge in [0.2, 0.25) is 0 Å². The number of hydrogen-bond acceptors (Lipinski definition) is 3. The van der Waals surface area contributed by atoms with Crippen LogP contribution in [0.2, 0.25) is 0 Å². The second-order valence-corrected chi connectivity index (χ2v) is 7.67. The molecule has 2 saturated heterocycles. The molecule has 2 rings (SSSR count). The second kappa shape index (κ2) is 6.15. The molecule has 0 aromatic heterocycles. The number of carbonyl (C=O) groups is 1. The predicted octanol–water partition coefficient (Wildman–Crippen LogP) is 2.80. The number of ketones is 1. The van der Waals surface area contributed by atoms with Crippen LogP contribution in [0.3, 0.4) is 0 Å². The molecule has 0 radical (unpaired) electrons. The first-order valence-electron chi connectivity index (χ1n) is 8.35. The standard InChI is InChI=1S/C17H32N2O/c1-13(2)11-15(16(20)14(3)4)19-10-8-17(12-19)7-6-9-18(17)5/h13-15H,6-12H2,1-5H3. The molecule has 2 fully saturated rings. The zero-order valence-electron chi connectivity index (χ0n) is 14.0. The van der Waals surface area contributed by atoms with Gasteiger partial charge >= 0.3 is 0 Å². The van der Waals surface area contributed by atoms with Crippen LogP contribution in [0.1, 0.15) is 53.4 Å². The molecule has 0 bridgehead atoms. The fraction of sp³-hybridized carbons (Fsp3) is 0.941. The van der Waals surface area contributed by atoms with Gasteiger partial charge in [-0.15, -0.1) is 0 Å². The molecule has 3 nitrogen and oxygen atoms in total. The summed E-state index contributed by atoms with van der Waals surface area (Å²) < 4.78 is 0.